The Morgan fingerprint density at radius 3 is 1.97 bits per heavy atom. The minimum atomic E-state index is -1.64. The van der Waals surface area contributed by atoms with Crippen molar-refractivity contribution in [3.63, 3.8) is 0 Å². The van der Waals surface area contributed by atoms with E-state index >= 15 is 0 Å². The highest BCUT2D eigenvalue weighted by Crippen LogP contribution is 2.19. The number of fused-ring (bicyclic) bond motifs is 1. The number of carboxylic acids is 2. The molecule has 14 nitrogen and oxygen atoms in total. The molecule has 4 unspecified atom stereocenters. The van der Waals surface area contributed by atoms with Crippen molar-refractivity contribution in [2.75, 3.05) is 0 Å². The number of aliphatic carboxylic acids is 2. The zero-order valence-electron chi connectivity index (χ0n) is 20.9. The molecular formula is C24H32N6O8. The number of aromatic amines is 1. The fourth-order valence-corrected chi connectivity index (χ4v) is 3.63. The lowest BCUT2D eigenvalue weighted by Gasteiger charge is -2.24. The van der Waals surface area contributed by atoms with Crippen LogP contribution in [0, 0.1) is 5.92 Å². The fourth-order valence-electron chi connectivity index (χ4n) is 3.63. The number of para-hydroxylation sites is 1. The number of nitrogens with one attached hydrogen (secondary N) is 4. The summed E-state index contributed by atoms with van der Waals surface area (Å²) in [6, 6.07) is 1.40. The van der Waals surface area contributed by atoms with E-state index < -0.39 is 72.6 Å². The Labute approximate surface area is 217 Å². The Bertz CT molecular complexity index is 1210. The summed E-state index contributed by atoms with van der Waals surface area (Å²) >= 11 is 0. The molecule has 10 N–H and O–H groups in total. The Morgan fingerprint density at radius 1 is 0.868 bits per heavy atom. The lowest BCUT2D eigenvalue weighted by atomic mass is 10.0. The highest BCUT2D eigenvalue weighted by Gasteiger charge is 2.32. The van der Waals surface area contributed by atoms with Crippen molar-refractivity contribution in [2.24, 2.45) is 17.4 Å². The molecule has 0 fully saturated rings. The number of nitrogens with two attached hydrogens (primary N) is 2. The van der Waals surface area contributed by atoms with E-state index in [1.54, 1.807) is 44.3 Å². The number of benzene rings is 1. The number of carbonyl (C=O) groups excluding carboxylic acids is 4. The molecule has 4 atom stereocenters. The number of carboxylic acid groups (broad SMARTS) is 2. The van der Waals surface area contributed by atoms with Gasteiger partial charge in [0, 0.05) is 23.5 Å². The van der Waals surface area contributed by atoms with Gasteiger partial charge in [-0.1, -0.05) is 32.0 Å². The topological polar surface area (TPSA) is 247 Å². The third kappa shape index (κ3) is 8.30. The van der Waals surface area contributed by atoms with Crippen LogP contribution in [0.3, 0.4) is 0 Å². The van der Waals surface area contributed by atoms with Crippen molar-refractivity contribution in [1.82, 2.24) is 20.9 Å². The summed E-state index contributed by atoms with van der Waals surface area (Å²) in [6.45, 7) is 3.30. The maximum Gasteiger partial charge on any atom is 0.326 e. The molecule has 0 aliphatic rings. The standard InChI is InChI=1S/C24H32N6O8/c1-11(2)20(26)23(36)29-16(9-19(32)33)22(35)28-15(8-18(25)31)21(34)30-17(24(37)38)7-12-10-27-14-6-4-3-5-13(12)14/h3-6,10-11,15-17,20,27H,7-9,26H2,1-2H3,(H2,25,31)(H,28,35)(H,29,36)(H,30,34)(H,32,33)(H,37,38). The van der Waals surface area contributed by atoms with Crippen LogP contribution >= 0.6 is 0 Å². The van der Waals surface area contributed by atoms with E-state index in [0.717, 1.165) is 10.9 Å². The molecular weight excluding hydrogens is 500 g/mol. The summed E-state index contributed by atoms with van der Waals surface area (Å²) < 4.78 is 0. The van der Waals surface area contributed by atoms with E-state index in [1.165, 1.54) is 0 Å². The van der Waals surface area contributed by atoms with Crippen molar-refractivity contribution < 1.29 is 39.0 Å². The summed E-state index contributed by atoms with van der Waals surface area (Å²) in [7, 11) is 0. The zero-order chi connectivity index (χ0) is 28.6. The van der Waals surface area contributed by atoms with Gasteiger partial charge >= 0.3 is 11.9 Å². The Kier molecular flexibility index (Phi) is 10.3. The van der Waals surface area contributed by atoms with Gasteiger partial charge in [0.05, 0.1) is 18.9 Å². The molecule has 1 aromatic carbocycles. The van der Waals surface area contributed by atoms with Crippen LogP contribution in [-0.2, 0) is 35.2 Å². The molecule has 0 saturated carbocycles. The summed E-state index contributed by atoms with van der Waals surface area (Å²) in [5, 5.41) is 26.3. The van der Waals surface area contributed by atoms with Crippen molar-refractivity contribution in [1.29, 1.82) is 0 Å². The lowest BCUT2D eigenvalue weighted by Crippen LogP contribution is -2.58. The first-order valence-corrected chi connectivity index (χ1v) is 11.7. The molecule has 2 rings (SSSR count). The number of aromatic nitrogens is 1. The second-order valence-electron chi connectivity index (χ2n) is 9.12. The molecule has 0 aliphatic carbocycles. The van der Waals surface area contributed by atoms with E-state index in [9.17, 15) is 39.0 Å². The third-order valence-corrected chi connectivity index (χ3v) is 5.78. The first-order chi connectivity index (χ1) is 17.8. The largest absolute Gasteiger partial charge is 0.481 e. The van der Waals surface area contributed by atoms with Crippen molar-refractivity contribution in [3.05, 3.63) is 36.0 Å². The molecule has 0 bridgehead atoms. The summed E-state index contributed by atoms with van der Waals surface area (Å²) in [6.07, 6.45) is -0.0640. The molecule has 4 amide bonds. The Balaban J connectivity index is 2.20. The molecule has 1 heterocycles. The van der Waals surface area contributed by atoms with Gasteiger partial charge in [-0.3, -0.25) is 24.0 Å². The average Bonchev–Trinajstić information content (AvgIpc) is 3.24. The minimum absolute atomic E-state index is 0.118. The number of primary amides is 1. The van der Waals surface area contributed by atoms with Gasteiger partial charge in [-0.2, -0.15) is 0 Å². The fraction of sp³-hybridized carbons (Fsp3) is 0.417. The normalized spacial score (nSPS) is 14.2. The maximum absolute atomic E-state index is 13.0. The van der Waals surface area contributed by atoms with Gasteiger partial charge in [-0.15, -0.1) is 0 Å². The predicted molar refractivity (Wildman–Crippen MR) is 134 cm³/mol. The van der Waals surface area contributed by atoms with Crippen molar-refractivity contribution >= 4 is 46.5 Å². The van der Waals surface area contributed by atoms with Crippen LogP contribution in [0.15, 0.2) is 30.5 Å². The highest BCUT2D eigenvalue weighted by atomic mass is 16.4. The first kappa shape index (κ1) is 29.8. The van der Waals surface area contributed by atoms with E-state index in [0.29, 0.717) is 5.56 Å². The third-order valence-electron chi connectivity index (χ3n) is 5.78. The average molecular weight is 533 g/mol. The molecule has 0 aliphatic heterocycles. The number of hydrogen-bond acceptors (Lipinski definition) is 7. The highest BCUT2D eigenvalue weighted by molar-refractivity contribution is 5.97. The first-order valence-electron chi connectivity index (χ1n) is 11.7. The van der Waals surface area contributed by atoms with Crippen LogP contribution < -0.4 is 27.4 Å². The number of rotatable bonds is 14. The molecule has 0 spiro atoms. The number of carbonyl (C=O) groups is 6. The van der Waals surface area contributed by atoms with Gasteiger partial charge in [0.25, 0.3) is 0 Å². The van der Waals surface area contributed by atoms with Crippen LogP contribution in [0.1, 0.15) is 32.3 Å². The molecule has 2 aromatic rings. The maximum atomic E-state index is 13.0. The molecule has 38 heavy (non-hydrogen) atoms. The lowest BCUT2D eigenvalue weighted by molar-refractivity contribution is -0.143. The number of amides is 4. The molecule has 206 valence electrons. The molecule has 14 heteroatoms. The molecule has 0 radical (unpaired) electrons. The van der Waals surface area contributed by atoms with Crippen LogP contribution in [0.4, 0.5) is 0 Å². The van der Waals surface area contributed by atoms with Gasteiger partial charge in [0.2, 0.25) is 23.6 Å². The summed E-state index contributed by atoms with van der Waals surface area (Å²) in [4.78, 5) is 75.9. The van der Waals surface area contributed by atoms with Crippen molar-refractivity contribution in [2.45, 2.75) is 57.3 Å². The Morgan fingerprint density at radius 2 is 1.42 bits per heavy atom. The van der Waals surface area contributed by atoms with E-state index in [-0.39, 0.29) is 12.3 Å². The smallest absolute Gasteiger partial charge is 0.326 e. The van der Waals surface area contributed by atoms with Gasteiger partial charge in [-0.25, -0.2) is 4.79 Å². The minimum Gasteiger partial charge on any atom is -0.481 e. The Hall–Kier alpha value is -4.46. The van der Waals surface area contributed by atoms with Crippen LogP contribution in [0.25, 0.3) is 10.9 Å². The van der Waals surface area contributed by atoms with Crippen LogP contribution in [0.5, 0.6) is 0 Å². The molecule has 1 aromatic heterocycles. The van der Waals surface area contributed by atoms with Gasteiger partial charge in [0.15, 0.2) is 0 Å². The van der Waals surface area contributed by atoms with Gasteiger partial charge < -0.3 is 42.6 Å². The van der Waals surface area contributed by atoms with Crippen LogP contribution in [0.2, 0.25) is 0 Å². The molecule has 0 saturated heterocycles. The number of H-pyrrole nitrogens is 1. The summed E-state index contributed by atoms with van der Waals surface area (Å²) in [5.74, 6) is -7.03. The van der Waals surface area contributed by atoms with Crippen molar-refractivity contribution in [3.8, 4) is 0 Å². The second-order valence-corrected chi connectivity index (χ2v) is 9.12. The second kappa shape index (κ2) is 13.2. The predicted octanol–water partition coefficient (Wildman–Crippen LogP) is -1.42. The van der Waals surface area contributed by atoms with E-state index in [2.05, 4.69) is 20.9 Å². The summed E-state index contributed by atoms with van der Waals surface area (Å²) in [5.41, 5.74) is 12.3. The van der Waals surface area contributed by atoms with Gasteiger partial charge in [0.1, 0.15) is 18.1 Å². The van der Waals surface area contributed by atoms with E-state index in [1.807, 2.05) is 0 Å². The number of hydrogen-bond donors (Lipinski definition) is 8. The SMILES string of the molecule is CC(C)C(N)C(=O)NC(CC(=O)O)C(=O)NC(CC(N)=O)C(=O)NC(Cc1c[nH]c2ccccc12)C(=O)O. The van der Waals surface area contributed by atoms with Gasteiger partial charge in [-0.05, 0) is 17.5 Å². The van der Waals surface area contributed by atoms with E-state index in [4.69, 9.17) is 11.5 Å². The monoisotopic (exact) mass is 532 g/mol. The van der Waals surface area contributed by atoms with Crippen LogP contribution in [-0.4, -0.2) is 74.9 Å². The quantitative estimate of drug-likeness (QED) is 0.142. The zero-order valence-corrected chi connectivity index (χ0v) is 20.9.